The SMILES string of the molecule is CC(C)NCC(OC(C)(C)C)c1cccc(Cl)c1. The minimum Gasteiger partial charge on any atom is -0.367 e. The maximum atomic E-state index is 6.11. The van der Waals surface area contributed by atoms with Crippen LogP contribution in [0.4, 0.5) is 0 Å². The van der Waals surface area contributed by atoms with Crippen LogP contribution in [-0.4, -0.2) is 18.2 Å². The molecule has 18 heavy (non-hydrogen) atoms. The van der Waals surface area contributed by atoms with Gasteiger partial charge in [-0.15, -0.1) is 0 Å². The molecule has 0 radical (unpaired) electrons. The summed E-state index contributed by atoms with van der Waals surface area (Å²) in [5, 5.41) is 4.17. The largest absolute Gasteiger partial charge is 0.367 e. The summed E-state index contributed by atoms with van der Waals surface area (Å²) in [4.78, 5) is 0. The van der Waals surface area contributed by atoms with Gasteiger partial charge in [-0.3, -0.25) is 0 Å². The molecule has 0 aliphatic carbocycles. The maximum absolute atomic E-state index is 6.11. The van der Waals surface area contributed by atoms with E-state index >= 15 is 0 Å². The third kappa shape index (κ3) is 5.85. The highest BCUT2D eigenvalue weighted by Crippen LogP contribution is 2.25. The first-order valence-corrected chi connectivity index (χ1v) is 6.82. The standard InChI is InChI=1S/C15H24ClNO/c1-11(2)17-10-14(18-15(3,4)5)12-7-6-8-13(16)9-12/h6-9,11,14,17H,10H2,1-5H3. The van der Waals surface area contributed by atoms with Crippen LogP contribution in [0.5, 0.6) is 0 Å². The minimum absolute atomic E-state index is 0.0195. The molecule has 1 aromatic carbocycles. The third-order valence-electron chi connectivity index (χ3n) is 2.43. The first kappa shape index (κ1) is 15.5. The molecule has 0 amide bonds. The summed E-state index contributed by atoms with van der Waals surface area (Å²) in [6.45, 7) is 11.3. The molecule has 0 bridgehead atoms. The lowest BCUT2D eigenvalue weighted by Gasteiger charge is -2.29. The van der Waals surface area contributed by atoms with Crippen molar-refractivity contribution in [2.45, 2.75) is 52.4 Å². The zero-order valence-corrected chi connectivity index (χ0v) is 12.7. The van der Waals surface area contributed by atoms with E-state index in [-0.39, 0.29) is 11.7 Å². The van der Waals surface area contributed by atoms with Crippen LogP contribution in [0.25, 0.3) is 0 Å². The second-order valence-electron chi connectivity index (χ2n) is 5.84. The summed E-state index contributed by atoms with van der Waals surface area (Å²) < 4.78 is 6.11. The fourth-order valence-electron chi connectivity index (χ4n) is 1.70. The zero-order valence-electron chi connectivity index (χ0n) is 12.0. The molecule has 0 saturated carbocycles. The Kier molecular flexibility index (Phi) is 5.64. The van der Waals surface area contributed by atoms with Crippen molar-refractivity contribution in [3.8, 4) is 0 Å². The van der Waals surface area contributed by atoms with Gasteiger partial charge in [0.15, 0.2) is 0 Å². The topological polar surface area (TPSA) is 21.3 Å². The van der Waals surface area contributed by atoms with E-state index < -0.39 is 0 Å². The molecule has 3 heteroatoms. The number of ether oxygens (including phenoxy) is 1. The minimum atomic E-state index is -0.175. The van der Waals surface area contributed by atoms with Gasteiger partial charge in [-0.05, 0) is 38.5 Å². The molecule has 0 aliphatic heterocycles. The predicted molar refractivity (Wildman–Crippen MR) is 78.2 cm³/mol. The van der Waals surface area contributed by atoms with Crippen molar-refractivity contribution in [1.82, 2.24) is 5.32 Å². The average molecular weight is 270 g/mol. The fraction of sp³-hybridized carbons (Fsp3) is 0.600. The Morgan fingerprint density at radius 1 is 1.28 bits per heavy atom. The molecule has 102 valence electrons. The van der Waals surface area contributed by atoms with Crippen LogP contribution < -0.4 is 5.32 Å². The highest BCUT2D eigenvalue weighted by molar-refractivity contribution is 6.30. The van der Waals surface area contributed by atoms with E-state index in [1.165, 1.54) is 0 Å². The van der Waals surface area contributed by atoms with Gasteiger partial charge >= 0.3 is 0 Å². The van der Waals surface area contributed by atoms with E-state index in [1.807, 2.05) is 18.2 Å². The van der Waals surface area contributed by atoms with Crippen LogP contribution in [0.15, 0.2) is 24.3 Å². The van der Waals surface area contributed by atoms with Gasteiger partial charge in [-0.1, -0.05) is 37.6 Å². The van der Waals surface area contributed by atoms with Crippen molar-refractivity contribution in [2.24, 2.45) is 0 Å². The molecule has 0 fully saturated rings. The molecule has 0 saturated heterocycles. The molecule has 1 atom stereocenters. The molecule has 0 spiro atoms. The highest BCUT2D eigenvalue weighted by Gasteiger charge is 2.20. The fourth-order valence-corrected chi connectivity index (χ4v) is 1.90. The van der Waals surface area contributed by atoms with E-state index in [4.69, 9.17) is 16.3 Å². The Morgan fingerprint density at radius 3 is 2.44 bits per heavy atom. The van der Waals surface area contributed by atoms with Crippen molar-refractivity contribution in [3.05, 3.63) is 34.9 Å². The van der Waals surface area contributed by atoms with Crippen LogP contribution in [-0.2, 0) is 4.74 Å². The lowest BCUT2D eigenvalue weighted by Crippen LogP contribution is -2.33. The summed E-state index contributed by atoms with van der Waals surface area (Å²) in [6, 6.07) is 8.32. The molecule has 2 nitrogen and oxygen atoms in total. The molecular weight excluding hydrogens is 246 g/mol. The monoisotopic (exact) mass is 269 g/mol. The van der Waals surface area contributed by atoms with Crippen molar-refractivity contribution < 1.29 is 4.74 Å². The summed E-state index contributed by atoms with van der Waals surface area (Å²) >= 11 is 6.05. The first-order chi connectivity index (χ1) is 8.28. The van der Waals surface area contributed by atoms with E-state index in [1.54, 1.807) is 0 Å². The molecular formula is C15H24ClNO. The molecule has 0 heterocycles. The quantitative estimate of drug-likeness (QED) is 0.865. The second kappa shape index (κ2) is 6.55. The van der Waals surface area contributed by atoms with Crippen molar-refractivity contribution in [1.29, 1.82) is 0 Å². The lowest BCUT2D eigenvalue weighted by atomic mass is 10.1. The maximum Gasteiger partial charge on any atom is 0.0956 e. The van der Waals surface area contributed by atoms with Gasteiger partial charge in [0, 0.05) is 17.6 Å². The predicted octanol–water partition coefficient (Wildman–Crippen LogP) is 4.19. The van der Waals surface area contributed by atoms with E-state index in [9.17, 15) is 0 Å². The van der Waals surface area contributed by atoms with Gasteiger partial charge in [0.1, 0.15) is 0 Å². The van der Waals surface area contributed by atoms with Gasteiger partial charge in [-0.2, -0.15) is 0 Å². The van der Waals surface area contributed by atoms with Gasteiger partial charge in [0.2, 0.25) is 0 Å². The van der Waals surface area contributed by atoms with Gasteiger partial charge in [0.25, 0.3) is 0 Å². The Morgan fingerprint density at radius 2 is 1.94 bits per heavy atom. The number of benzene rings is 1. The molecule has 1 unspecified atom stereocenters. The molecule has 0 aliphatic rings. The van der Waals surface area contributed by atoms with Crippen molar-refractivity contribution in [2.75, 3.05) is 6.54 Å². The second-order valence-corrected chi connectivity index (χ2v) is 6.27. The summed E-state index contributed by atoms with van der Waals surface area (Å²) in [5.74, 6) is 0. The Balaban J connectivity index is 2.82. The number of hydrogen-bond acceptors (Lipinski definition) is 2. The summed E-state index contributed by atoms with van der Waals surface area (Å²) in [5.41, 5.74) is 0.941. The van der Waals surface area contributed by atoms with Gasteiger partial charge < -0.3 is 10.1 Å². The Bertz CT molecular complexity index is 371. The number of halogens is 1. The Labute approximate surface area is 116 Å². The summed E-state index contributed by atoms with van der Waals surface area (Å²) in [6.07, 6.45) is 0.0195. The van der Waals surface area contributed by atoms with E-state index in [0.29, 0.717) is 6.04 Å². The molecule has 1 N–H and O–H groups in total. The average Bonchev–Trinajstić information content (AvgIpc) is 2.22. The van der Waals surface area contributed by atoms with Gasteiger partial charge in [0.05, 0.1) is 11.7 Å². The Hall–Kier alpha value is -0.570. The first-order valence-electron chi connectivity index (χ1n) is 6.44. The van der Waals surface area contributed by atoms with Crippen LogP contribution in [0.1, 0.15) is 46.3 Å². The smallest absolute Gasteiger partial charge is 0.0956 e. The van der Waals surface area contributed by atoms with Crippen LogP contribution in [0.2, 0.25) is 5.02 Å². The number of rotatable bonds is 5. The van der Waals surface area contributed by atoms with Crippen LogP contribution in [0.3, 0.4) is 0 Å². The zero-order chi connectivity index (χ0) is 13.8. The van der Waals surface area contributed by atoms with Crippen molar-refractivity contribution in [3.63, 3.8) is 0 Å². The van der Waals surface area contributed by atoms with Gasteiger partial charge in [-0.25, -0.2) is 0 Å². The molecule has 1 rings (SSSR count). The number of nitrogens with one attached hydrogen (secondary N) is 1. The van der Waals surface area contributed by atoms with E-state index in [0.717, 1.165) is 17.1 Å². The van der Waals surface area contributed by atoms with E-state index in [2.05, 4.69) is 46.0 Å². The molecule has 1 aromatic rings. The van der Waals surface area contributed by atoms with Crippen LogP contribution in [0, 0.1) is 0 Å². The van der Waals surface area contributed by atoms with Crippen molar-refractivity contribution >= 4 is 11.6 Å². The normalized spacial score (nSPS) is 13.9. The number of hydrogen-bond donors (Lipinski definition) is 1. The highest BCUT2D eigenvalue weighted by atomic mass is 35.5. The lowest BCUT2D eigenvalue weighted by molar-refractivity contribution is -0.0612. The third-order valence-corrected chi connectivity index (χ3v) is 2.66. The molecule has 0 aromatic heterocycles. The van der Waals surface area contributed by atoms with Crippen LogP contribution >= 0.6 is 11.6 Å². The summed E-state index contributed by atoms with van der Waals surface area (Å²) in [7, 11) is 0.